The van der Waals surface area contributed by atoms with Gasteiger partial charge in [-0.25, -0.2) is 0 Å². The maximum Gasteiger partial charge on any atom is -0.00431 e. The van der Waals surface area contributed by atoms with Crippen LogP contribution in [0.25, 0.3) is 0 Å². The van der Waals surface area contributed by atoms with Gasteiger partial charge < -0.3 is 5.32 Å². The van der Waals surface area contributed by atoms with E-state index < -0.39 is 0 Å². The molecule has 0 radical (unpaired) electrons. The predicted molar refractivity (Wildman–Crippen MR) is 81.2 cm³/mol. The smallest absolute Gasteiger partial charge is 0.00431 e. The molecule has 1 N–H and O–H groups in total. The first-order valence-electron chi connectivity index (χ1n) is 7.69. The molecule has 1 aromatic carbocycles. The Morgan fingerprint density at radius 1 is 1.17 bits per heavy atom. The van der Waals surface area contributed by atoms with Crippen molar-refractivity contribution in [3.05, 3.63) is 35.4 Å². The number of unbranched alkanes of at least 4 members (excludes halogenated alkanes) is 1. The van der Waals surface area contributed by atoms with Gasteiger partial charge in [-0.1, -0.05) is 51.5 Å². The van der Waals surface area contributed by atoms with Crippen molar-refractivity contribution in [3.63, 3.8) is 0 Å². The van der Waals surface area contributed by atoms with Gasteiger partial charge in [0.2, 0.25) is 0 Å². The fraction of sp³-hybridized carbons (Fsp3) is 0.647. The lowest BCUT2D eigenvalue weighted by Crippen LogP contribution is -2.26. The summed E-state index contributed by atoms with van der Waals surface area (Å²) in [4.78, 5) is 0. The van der Waals surface area contributed by atoms with Crippen molar-refractivity contribution in [2.45, 2.75) is 58.8 Å². The van der Waals surface area contributed by atoms with Gasteiger partial charge >= 0.3 is 0 Å². The van der Waals surface area contributed by atoms with Crippen LogP contribution in [0.4, 0.5) is 0 Å². The van der Waals surface area contributed by atoms with E-state index in [-0.39, 0.29) is 0 Å². The van der Waals surface area contributed by atoms with Crippen LogP contribution >= 0.6 is 0 Å². The Hall–Kier alpha value is -0.820. The molecule has 1 heteroatoms. The maximum atomic E-state index is 3.43. The molecule has 0 aliphatic carbocycles. The second kappa shape index (κ2) is 9.16. The van der Waals surface area contributed by atoms with Gasteiger partial charge in [-0.2, -0.15) is 0 Å². The van der Waals surface area contributed by atoms with Gasteiger partial charge in [0, 0.05) is 0 Å². The van der Waals surface area contributed by atoms with Crippen molar-refractivity contribution in [1.82, 2.24) is 5.32 Å². The third-order valence-corrected chi connectivity index (χ3v) is 3.58. The SMILES string of the molecule is CC.CCCCc1cccc(C2CCNCC2)c1. The van der Waals surface area contributed by atoms with Crippen LogP contribution in [0.15, 0.2) is 24.3 Å². The number of benzene rings is 1. The van der Waals surface area contributed by atoms with E-state index in [9.17, 15) is 0 Å². The molecule has 1 aliphatic heterocycles. The highest BCUT2D eigenvalue weighted by Gasteiger charge is 2.14. The normalized spacial score (nSPS) is 15.9. The highest BCUT2D eigenvalue weighted by molar-refractivity contribution is 5.27. The molecular weight excluding hydrogens is 218 g/mol. The van der Waals surface area contributed by atoms with Crippen LogP contribution < -0.4 is 5.32 Å². The molecule has 1 fully saturated rings. The third kappa shape index (κ3) is 4.81. The Morgan fingerprint density at radius 2 is 1.89 bits per heavy atom. The van der Waals surface area contributed by atoms with Crippen molar-refractivity contribution in [3.8, 4) is 0 Å². The van der Waals surface area contributed by atoms with E-state index >= 15 is 0 Å². The van der Waals surface area contributed by atoms with Gasteiger partial charge in [-0.05, 0) is 55.8 Å². The highest BCUT2D eigenvalue weighted by Crippen LogP contribution is 2.25. The van der Waals surface area contributed by atoms with E-state index in [0.717, 1.165) is 5.92 Å². The predicted octanol–water partition coefficient (Wildman–Crippen LogP) is 4.52. The summed E-state index contributed by atoms with van der Waals surface area (Å²) in [6.07, 6.45) is 6.46. The molecule has 1 saturated heterocycles. The van der Waals surface area contributed by atoms with Crippen LogP contribution in [0, 0.1) is 0 Å². The topological polar surface area (TPSA) is 12.0 Å². The van der Waals surface area contributed by atoms with E-state index in [1.807, 2.05) is 13.8 Å². The van der Waals surface area contributed by atoms with Crippen LogP contribution in [0.5, 0.6) is 0 Å². The van der Waals surface area contributed by atoms with Gasteiger partial charge in [-0.15, -0.1) is 0 Å². The molecular formula is C17H29N. The lowest BCUT2D eigenvalue weighted by Gasteiger charge is -2.23. The van der Waals surface area contributed by atoms with Crippen molar-refractivity contribution >= 4 is 0 Å². The van der Waals surface area contributed by atoms with Crippen LogP contribution in [0.3, 0.4) is 0 Å². The Kier molecular flexibility index (Phi) is 7.75. The quantitative estimate of drug-likeness (QED) is 0.824. The molecule has 0 aromatic heterocycles. The summed E-state index contributed by atoms with van der Waals surface area (Å²) in [5.41, 5.74) is 3.09. The zero-order valence-electron chi connectivity index (χ0n) is 12.3. The van der Waals surface area contributed by atoms with Crippen LogP contribution in [-0.4, -0.2) is 13.1 Å². The minimum atomic E-state index is 0.794. The Morgan fingerprint density at radius 3 is 2.56 bits per heavy atom. The Labute approximate surface area is 113 Å². The van der Waals surface area contributed by atoms with E-state index in [4.69, 9.17) is 0 Å². The highest BCUT2D eigenvalue weighted by atomic mass is 14.9. The maximum absolute atomic E-state index is 3.43. The molecule has 1 aliphatic rings. The number of nitrogens with one attached hydrogen (secondary N) is 1. The van der Waals surface area contributed by atoms with Gasteiger partial charge in [0.05, 0.1) is 0 Å². The molecule has 0 bridgehead atoms. The first kappa shape index (κ1) is 15.2. The minimum Gasteiger partial charge on any atom is -0.317 e. The summed E-state index contributed by atoms with van der Waals surface area (Å²) >= 11 is 0. The molecule has 0 spiro atoms. The van der Waals surface area contributed by atoms with E-state index in [2.05, 4.69) is 36.5 Å². The molecule has 0 unspecified atom stereocenters. The Bertz CT molecular complexity index is 313. The fourth-order valence-electron chi connectivity index (χ4n) is 2.54. The Balaban J connectivity index is 0.000000771. The second-order valence-corrected chi connectivity index (χ2v) is 4.87. The van der Waals surface area contributed by atoms with Crippen LogP contribution in [0.2, 0.25) is 0 Å². The lowest BCUT2D eigenvalue weighted by atomic mass is 9.89. The summed E-state index contributed by atoms with van der Waals surface area (Å²) in [6, 6.07) is 9.26. The van der Waals surface area contributed by atoms with Gasteiger partial charge in [0.15, 0.2) is 0 Å². The van der Waals surface area contributed by atoms with Crippen LogP contribution in [-0.2, 0) is 6.42 Å². The zero-order chi connectivity index (χ0) is 13.2. The number of hydrogen-bond donors (Lipinski definition) is 1. The fourth-order valence-corrected chi connectivity index (χ4v) is 2.54. The van der Waals surface area contributed by atoms with E-state index in [1.165, 1.54) is 50.8 Å². The summed E-state index contributed by atoms with van der Waals surface area (Å²) < 4.78 is 0. The van der Waals surface area contributed by atoms with E-state index in [1.54, 1.807) is 5.56 Å². The van der Waals surface area contributed by atoms with E-state index in [0.29, 0.717) is 0 Å². The lowest BCUT2D eigenvalue weighted by molar-refractivity contribution is 0.460. The second-order valence-electron chi connectivity index (χ2n) is 4.87. The minimum absolute atomic E-state index is 0.794. The average molecular weight is 247 g/mol. The van der Waals surface area contributed by atoms with Gasteiger partial charge in [0.25, 0.3) is 0 Å². The summed E-state index contributed by atoms with van der Waals surface area (Å²) in [7, 11) is 0. The van der Waals surface area contributed by atoms with Gasteiger partial charge in [-0.3, -0.25) is 0 Å². The van der Waals surface area contributed by atoms with Crippen molar-refractivity contribution in [2.24, 2.45) is 0 Å². The molecule has 0 amide bonds. The first-order valence-corrected chi connectivity index (χ1v) is 7.69. The van der Waals surface area contributed by atoms with Crippen molar-refractivity contribution in [1.29, 1.82) is 0 Å². The standard InChI is InChI=1S/C15H23N.C2H6/c1-2-3-5-13-6-4-7-15(12-13)14-8-10-16-11-9-14;1-2/h4,6-7,12,14,16H,2-3,5,8-11H2,1H3;1-2H3. The summed E-state index contributed by atoms with van der Waals surface area (Å²) in [5, 5.41) is 3.43. The number of rotatable bonds is 4. The van der Waals surface area contributed by atoms with Gasteiger partial charge in [0.1, 0.15) is 0 Å². The molecule has 18 heavy (non-hydrogen) atoms. The number of hydrogen-bond acceptors (Lipinski definition) is 1. The third-order valence-electron chi connectivity index (χ3n) is 3.58. The molecule has 0 saturated carbocycles. The molecule has 1 nitrogen and oxygen atoms in total. The van der Waals surface area contributed by atoms with Crippen molar-refractivity contribution in [2.75, 3.05) is 13.1 Å². The van der Waals surface area contributed by atoms with Crippen molar-refractivity contribution < 1.29 is 0 Å². The largest absolute Gasteiger partial charge is 0.317 e. The molecule has 1 heterocycles. The first-order chi connectivity index (χ1) is 8.90. The summed E-state index contributed by atoms with van der Waals surface area (Å²) in [5.74, 6) is 0.794. The number of piperidine rings is 1. The average Bonchev–Trinajstić information content (AvgIpc) is 2.48. The zero-order valence-corrected chi connectivity index (χ0v) is 12.3. The monoisotopic (exact) mass is 247 g/mol. The molecule has 1 aromatic rings. The van der Waals surface area contributed by atoms with Crippen LogP contribution in [0.1, 0.15) is 63.5 Å². The molecule has 2 rings (SSSR count). The molecule has 102 valence electrons. The molecule has 0 atom stereocenters. The summed E-state index contributed by atoms with van der Waals surface area (Å²) in [6.45, 7) is 8.63. The number of aryl methyl sites for hydroxylation is 1.